The number of halogens is 5. The van der Waals surface area contributed by atoms with Gasteiger partial charge in [-0.05, 0) is 31.0 Å². The van der Waals surface area contributed by atoms with Crippen LogP contribution in [0.4, 0.5) is 13.2 Å². The van der Waals surface area contributed by atoms with E-state index in [4.69, 9.17) is 16.3 Å². The fourth-order valence-electron chi connectivity index (χ4n) is 1.55. The molecule has 1 unspecified atom stereocenters. The van der Waals surface area contributed by atoms with Gasteiger partial charge in [0.05, 0.1) is 12.0 Å². The van der Waals surface area contributed by atoms with E-state index in [0.717, 1.165) is 10.0 Å². The van der Waals surface area contributed by atoms with Crippen LogP contribution in [-0.2, 0) is 4.74 Å². The lowest BCUT2D eigenvalue weighted by atomic mass is 10.1. The molecular formula is C13H15BrClF3O2. The molecule has 0 radical (unpaired) electrons. The van der Waals surface area contributed by atoms with Gasteiger partial charge in [0, 0.05) is 11.1 Å². The SMILES string of the molecule is CCOc1ccc(C(Cl)CCOCC(F)(F)F)c(Br)c1. The molecule has 0 fully saturated rings. The first-order valence-electron chi connectivity index (χ1n) is 6.04. The monoisotopic (exact) mass is 374 g/mol. The first-order valence-corrected chi connectivity index (χ1v) is 7.27. The van der Waals surface area contributed by atoms with Crippen LogP contribution < -0.4 is 4.74 Å². The zero-order valence-electron chi connectivity index (χ0n) is 10.8. The quantitative estimate of drug-likeness (QED) is 0.488. The second kappa shape index (κ2) is 8.10. The molecule has 0 aliphatic heterocycles. The minimum atomic E-state index is -4.30. The Kier molecular flexibility index (Phi) is 7.12. The summed E-state index contributed by atoms with van der Waals surface area (Å²) in [5, 5.41) is -0.423. The number of hydrogen-bond acceptors (Lipinski definition) is 2. The van der Waals surface area contributed by atoms with Crippen LogP contribution in [0, 0.1) is 0 Å². The van der Waals surface area contributed by atoms with Crippen molar-refractivity contribution < 1.29 is 22.6 Å². The van der Waals surface area contributed by atoms with E-state index in [9.17, 15) is 13.2 Å². The van der Waals surface area contributed by atoms with Crippen LogP contribution in [0.5, 0.6) is 5.75 Å². The molecule has 0 saturated heterocycles. The molecule has 0 heterocycles. The molecule has 0 aromatic heterocycles. The van der Waals surface area contributed by atoms with Crippen LogP contribution >= 0.6 is 27.5 Å². The van der Waals surface area contributed by atoms with Gasteiger partial charge in [-0.3, -0.25) is 0 Å². The molecule has 0 saturated carbocycles. The highest BCUT2D eigenvalue weighted by molar-refractivity contribution is 9.10. The van der Waals surface area contributed by atoms with Crippen molar-refractivity contribution in [2.24, 2.45) is 0 Å². The maximum atomic E-state index is 11.9. The Morgan fingerprint density at radius 1 is 1.35 bits per heavy atom. The van der Waals surface area contributed by atoms with Crippen LogP contribution in [0.25, 0.3) is 0 Å². The smallest absolute Gasteiger partial charge is 0.411 e. The third-order valence-corrected chi connectivity index (χ3v) is 3.54. The summed E-state index contributed by atoms with van der Waals surface area (Å²) in [4.78, 5) is 0. The van der Waals surface area contributed by atoms with E-state index in [0.29, 0.717) is 18.8 Å². The highest BCUT2D eigenvalue weighted by Gasteiger charge is 2.27. The standard InChI is InChI=1S/C13H15BrClF3O2/c1-2-20-9-3-4-10(11(14)7-9)12(15)5-6-19-8-13(16,17)18/h3-4,7,12H,2,5-6,8H2,1H3. The molecule has 1 aromatic rings. The van der Waals surface area contributed by atoms with Crippen LogP contribution in [0.1, 0.15) is 24.3 Å². The maximum Gasteiger partial charge on any atom is 0.411 e. The molecule has 0 N–H and O–H groups in total. The normalized spacial score (nSPS) is 13.3. The maximum absolute atomic E-state index is 11.9. The van der Waals surface area contributed by atoms with Crippen molar-refractivity contribution in [1.29, 1.82) is 0 Å². The molecule has 0 spiro atoms. The number of alkyl halides is 4. The fourth-order valence-corrected chi connectivity index (χ4v) is 2.59. The Morgan fingerprint density at radius 3 is 2.60 bits per heavy atom. The van der Waals surface area contributed by atoms with Crippen molar-refractivity contribution in [3.8, 4) is 5.75 Å². The Hall–Kier alpha value is -0.460. The average Bonchev–Trinajstić information content (AvgIpc) is 2.34. The third-order valence-electron chi connectivity index (χ3n) is 2.40. The summed E-state index contributed by atoms with van der Waals surface area (Å²) in [7, 11) is 0. The Morgan fingerprint density at radius 2 is 2.05 bits per heavy atom. The molecule has 0 aliphatic carbocycles. The molecule has 0 bridgehead atoms. The molecule has 0 amide bonds. The van der Waals surface area contributed by atoms with Gasteiger partial charge in [0.25, 0.3) is 0 Å². The molecule has 1 atom stereocenters. The lowest BCUT2D eigenvalue weighted by Crippen LogP contribution is -2.17. The molecule has 0 aliphatic rings. The summed E-state index contributed by atoms with van der Waals surface area (Å²) in [5.74, 6) is 0.709. The van der Waals surface area contributed by atoms with Gasteiger partial charge in [-0.2, -0.15) is 13.2 Å². The summed E-state index contributed by atoms with van der Waals surface area (Å²) in [6.07, 6.45) is -4.01. The van der Waals surface area contributed by atoms with Crippen LogP contribution in [0.15, 0.2) is 22.7 Å². The lowest BCUT2D eigenvalue weighted by Gasteiger charge is -2.14. The van der Waals surface area contributed by atoms with Crippen molar-refractivity contribution in [3.05, 3.63) is 28.2 Å². The van der Waals surface area contributed by atoms with Gasteiger partial charge in [-0.25, -0.2) is 0 Å². The van der Waals surface area contributed by atoms with E-state index >= 15 is 0 Å². The molecule has 2 nitrogen and oxygen atoms in total. The van der Waals surface area contributed by atoms with Gasteiger partial charge in [0.2, 0.25) is 0 Å². The van der Waals surface area contributed by atoms with Crippen molar-refractivity contribution >= 4 is 27.5 Å². The third kappa shape index (κ3) is 6.33. The first-order chi connectivity index (χ1) is 9.33. The van der Waals surface area contributed by atoms with E-state index in [2.05, 4.69) is 20.7 Å². The van der Waals surface area contributed by atoms with E-state index < -0.39 is 18.2 Å². The zero-order chi connectivity index (χ0) is 15.2. The molecule has 1 rings (SSSR count). The molecule has 114 valence electrons. The van der Waals surface area contributed by atoms with Gasteiger partial charge in [0.1, 0.15) is 12.4 Å². The largest absolute Gasteiger partial charge is 0.494 e. The van der Waals surface area contributed by atoms with Crippen LogP contribution in [0.3, 0.4) is 0 Å². The number of rotatable bonds is 7. The zero-order valence-corrected chi connectivity index (χ0v) is 13.2. The van der Waals surface area contributed by atoms with Gasteiger partial charge in [-0.15, -0.1) is 11.6 Å². The summed E-state index contributed by atoms with van der Waals surface area (Å²) in [6.45, 7) is 1.14. The Bertz CT molecular complexity index is 427. The first kappa shape index (κ1) is 17.6. The second-order valence-corrected chi connectivity index (χ2v) is 5.42. The van der Waals surface area contributed by atoms with Crippen molar-refractivity contribution in [3.63, 3.8) is 0 Å². The van der Waals surface area contributed by atoms with Crippen LogP contribution in [-0.4, -0.2) is 26.0 Å². The van der Waals surface area contributed by atoms with Gasteiger partial charge >= 0.3 is 6.18 Å². The number of benzene rings is 1. The van der Waals surface area contributed by atoms with Crippen molar-refractivity contribution in [2.75, 3.05) is 19.8 Å². The van der Waals surface area contributed by atoms with E-state index in [1.165, 1.54) is 0 Å². The van der Waals surface area contributed by atoms with E-state index in [1.807, 2.05) is 6.92 Å². The van der Waals surface area contributed by atoms with Gasteiger partial charge < -0.3 is 9.47 Å². The summed E-state index contributed by atoms with van der Waals surface area (Å²) in [6, 6.07) is 5.34. The topological polar surface area (TPSA) is 18.5 Å². The molecule has 20 heavy (non-hydrogen) atoms. The summed E-state index contributed by atoms with van der Waals surface area (Å²) in [5.41, 5.74) is 0.797. The number of hydrogen-bond donors (Lipinski definition) is 0. The van der Waals surface area contributed by atoms with Gasteiger partial charge in [0.15, 0.2) is 0 Å². The Balaban J connectivity index is 2.49. The summed E-state index contributed by atoms with van der Waals surface area (Å²) < 4.78 is 46.4. The minimum Gasteiger partial charge on any atom is -0.494 e. The van der Waals surface area contributed by atoms with Gasteiger partial charge in [-0.1, -0.05) is 22.0 Å². The molecular weight excluding hydrogens is 360 g/mol. The van der Waals surface area contributed by atoms with Crippen molar-refractivity contribution in [1.82, 2.24) is 0 Å². The predicted molar refractivity (Wildman–Crippen MR) is 75.4 cm³/mol. The molecule has 1 aromatic carbocycles. The minimum absolute atomic E-state index is 0.0483. The molecule has 7 heteroatoms. The van der Waals surface area contributed by atoms with E-state index in [1.54, 1.807) is 18.2 Å². The average molecular weight is 376 g/mol. The van der Waals surface area contributed by atoms with Crippen LogP contribution in [0.2, 0.25) is 0 Å². The summed E-state index contributed by atoms with van der Waals surface area (Å²) >= 11 is 9.53. The number of ether oxygens (including phenoxy) is 2. The highest BCUT2D eigenvalue weighted by atomic mass is 79.9. The fraction of sp³-hybridized carbons (Fsp3) is 0.538. The van der Waals surface area contributed by atoms with Crippen molar-refractivity contribution in [2.45, 2.75) is 24.9 Å². The van der Waals surface area contributed by atoms with E-state index in [-0.39, 0.29) is 6.61 Å². The lowest BCUT2D eigenvalue weighted by molar-refractivity contribution is -0.174. The predicted octanol–water partition coefficient (Wildman–Crippen LogP) is 5.10. The highest BCUT2D eigenvalue weighted by Crippen LogP contribution is 2.33. The second-order valence-electron chi connectivity index (χ2n) is 4.04. The Labute approximate surface area is 129 Å².